The van der Waals surface area contributed by atoms with E-state index in [-0.39, 0.29) is 35.6 Å². The molecule has 1 aliphatic rings. The summed E-state index contributed by atoms with van der Waals surface area (Å²) < 4.78 is 25.3. The number of nitrogens with zero attached hydrogens (tertiary/aromatic N) is 3. The average molecular weight is 505 g/mol. The molecule has 1 aromatic carbocycles. The smallest absolute Gasteiger partial charge is 0.190 e. The van der Waals surface area contributed by atoms with E-state index >= 15 is 0 Å². The van der Waals surface area contributed by atoms with Gasteiger partial charge in [-0.3, -0.25) is 4.99 Å². The van der Waals surface area contributed by atoms with E-state index in [1.54, 1.807) is 7.05 Å². The summed E-state index contributed by atoms with van der Waals surface area (Å²) in [4.78, 5) is 8.80. The molecular weight excluding hydrogens is 477 g/mol. The largest absolute Gasteiger partial charge is 0.356 e. The van der Waals surface area contributed by atoms with Crippen LogP contribution < -0.4 is 10.6 Å². The van der Waals surface area contributed by atoms with Crippen molar-refractivity contribution < 1.29 is 8.42 Å². The molecule has 0 amide bonds. The summed E-state index contributed by atoms with van der Waals surface area (Å²) in [6.45, 7) is 4.35. The van der Waals surface area contributed by atoms with Crippen LogP contribution in [0.3, 0.4) is 0 Å². The van der Waals surface area contributed by atoms with Gasteiger partial charge in [0, 0.05) is 26.7 Å². The number of hydrogen-bond donors (Lipinski definition) is 2. The highest BCUT2D eigenvalue weighted by Crippen LogP contribution is 2.17. The maximum absolute atomic E-state index is 11.5. The Kier molecular flexibility index (Phi) is 7.90. The average Bonchev–Trinajstić information content (AvgIpc) is 3.13. The number of nitrogens with one attached hydrogen (secondary N) is 2. The molecule has 1 saturated heterocycles. The predicted octanol–water partition coefficient (Wildman–Crippen LogP) is 1.95. The van der Waals surface area contributed by atoms with Gasteiger partial charge in [0.1, 0.15) is 5.82 Å². The first-order valence-electron chi connectivity index (χ1n) is 9.05. The van der Waals surface area contributed by atoms with E-state index in [4.69, 9.17) is 0 Å². The van der Waals surface area contributed by atoms with Crippen molar-refractivity contribution in [2.45, 2.75) is 26.3 Å². The van der Waals surface area contributed by atoms with E-state index in [9.17, 15) is 8.42 Å². The third kappa shape index (κ3) is 5.81. The number of guanidine groups is 1. The number of para-hydroxylation sites is 2. The van der Waals surface area contributed by atoms with E-state index < -0.39 is 9.84 Å². The highest BCUT2D eigenvalue weighted by Gasteiger charge is 2.27. The molecule has 3 rings (SSSR count). The van der Waals surface area contributed by atoms with Gasteiger partial charge in [-0.15, -0.1) is 24.0 Å². The van der Waals surface area contributed by atoms with Crippen molar-refractivity contribution in [2.24, 2.45) is 10.9 Å². The van der Waals surface area contributed by atoms with Gasteiger partial charge >= 0.3 is 0 Å². The number of imidazole rings is 1. The van der Waals surface area contributed by atoms with Crippen molar-refractivity contribution >= 4 is 50.8 Å². The number of halogens is 1. The first-order valence-corrected chi connectivity index (χ1v) is 10.9. The van der Waals surface area contributed by atoms with E-state index in [0.717, 1.165) is 48.7 Å². The molecule has 2 N–H and O–H groups in total. The molecular formula is C18H28IN5O2S. The maximum Gasteiger partial charge on any atom is 0.190 e. The summed E-state index contributed by atoms with van der Waals surface area (Å²) in [5.74, 6) is 2.52. The Morgan fingerprint density at radius 3 is 2.81 bits per heavy atom. The normalized spacial score (nSPS) is 19.0. The molecule has 1 aromatic heterocycles. The molecule has 1 fully saturated rings. The Bertz CT molecular complexity index is 894. The van der Waals surface area contributed by atoms with E-state index in [0.29, 0.717) is 12.3 Å². The predicted molar refractivity (Wildman–Crippen MR) is 121 cm³/mol. The maximum atomic E-state index is 11.5. The highest BCUT2D eigenvalue weighted by molar-refractivity contribution is 14.0. The van der Waals surface area contributed by atoms with Crippen molar-refractivity contribution in [3.05, 3.63) is 30.1 Å². The molecule has 9 heteroatoms. The van der Waals surface area contributed by atoms with Crippen LogP contribution in [0.25, 0.3) is 11.0 Å². The second-order valence-corrected chi connectivity index (χ2v) is 9.03. The van der Waals surface area contributed by atoms with Crippen molar-refractivity contribution in [3.8, 4) is 0 Å². The Morgan fingerprint density at radius 1 is 1.33 bits per heavy atom. The molecule has 1 atom stereocenters. The molecule has 1 unspecified atom stereocenters. The van der Waals surface area contributed by atoms with Gasteiger partial charge in [0.2, 0.25) is 0 Å². The Morgan fingerprint density at radius 2 is 2.11 bits per heavy atom. The Hall–Kier alpha value is -1.36. The molecule has 7 nitrogen and oxygen atoms in total. The number of aromatic nitrogens is 2. The summed E-state index contributed by atoms with van der Waals surface area (Å²) in [7, 11) is -1.10. The van der Waals surface area contributed by atoms with E-state index in [2.05, 4.69) is 31.2 Å². The molecule has 27 heavy (non-hydrogen) atoms. The molecule has 0 aliphatic carbocycles. The number of aliphatic imine (C=N–C) groups is 1. The fourth-order valence-electron chi connectivity index (χ4n) is 3.42. The van der Waals surface area contributed by atoms with Crippen LogP contribution in [0.5, 0.6) is 0 Å². The molecule has 0 spiro atoms. The lowest BCUT2D eigenvalue weighted by Crippen LogP contribution is -2.40. The van der Waals surface area contributed by atoms with Crippen LogP contribution in [0, 0.1) is 12.8 Å². The van der Waals surface area contributed by atoms with E-state index in [1.165, 1.54) is 0 Å². The Balaban J connectivity index is 0.00000261. The van der Waals surface area contributed by atoms with Crippen LogP contribution in [0.4, 0.5) is 0 Å². The fraction of sp³-hybridized carbons (Fsp3) is 0.556. The minimum Gasteiger partial charge on any atom is -0.356 e. The van der Waals surface area contributed by atoms with Gasteiger partial charge < -0.3 is 15.2 Å². The molecule has 2 aromatic rings. The molecule has 0 radical (unpaired) electrons. The fourth-order valence-corrected chi connectivity index (χ4v) is 5.28. The zero-order valence-corrected chi connectivity index (χ0v) is 19.0. The van der Waals surface area contributed by atoms with E-state index in [1.807, 2.05) is 25.1 Å². The van der Waals surface area contributed by atoms with Crippen molar-refractivity contribution in [1.29, 1.82) is 0 Å². The van der Waals surface area contributed by atoms with Gasteiger partial charge in [0.15, 0.2) is 15.8 Å². The zero-order chi connectivity index (χ0) is 18.6. The summed E-state index contributed by atoms with van der Waals surface area (Å²) in [6, 6.07) is 8.17. The minimum atomic E-state index is -2.83. The van der Waals surface area contributed by atoms with Crippen molar-refractivity contribution in [3.63, 3.8) is 0 Å². The van der Waals surface area contributed by atoms with Gasteiger partial charge in [-0.2, -0.15) is 0 Å². The van der Waals surface area contributed by atoms with Gasteiger partial charge in [-0.25, -0.2) is 13.4 Å². The molecule has 150 valence electrons. The highest BCUT2D eigenvalue weighted by atomic mass is 127. The standard InChI is InChI=1S/C18H27N5O2S.HI/c1-14-22-16-6-3-4-7-17(16)23(14)10-5-9-20-18(19-2)21-12-15-8-11-26(24,25)13-15;/h3-4,6-7,15H,5,8-13H2,1-2H3,(H2,19,20,21);1H. The molecule has 0 bridgehead atoms. The first kappa shape index (κ1) is 21.9. The lowest BCUT2D eigenvalue weighted by molar-refractivity contribution is 0.563. The van der Waals surface area contributed by atoms with Crippen molar-refractivity contribution in [2.75, 3.05) is 31.6 Å². The Labute approximate surface area is 178 Å². The van der Waals surface area contributed by atoms with Crippen LogP contribution in [0.1, 0.15) is 18.7 Å². The number of sulfone groups is 1. The zero-order valence-electron chi connectivity index (χ0n) is 15.8. The topological polar surface area (TPSA) is 88.4 Å². The van der Waals surface area contributed by atoms with Gasteiger partial charge in [-0.05, 0) is 37.8 Å². The van der Waals surface area contributed by atoms with Gasteiger partial charge in [-0.1, -0.05) is 12.1 Å². The van der Waals surface area contributed by atoms with Crippen LogP contribution in [-0.2, 0) is 16.4 Å². The summed E-state index contributed by atoms with van der Waals surface area (Å²) >= 11 is 0. The second kappa shape index (κ2) is 9.72. The van der Waals surface area contributed by atoms with Gasteiger partial charge in [0.25, 0.3) is 0 Å². The quantitative estimate of drug-likeness (QED) is 0.271. The lowest BCUT2D eigenvalue weighted by Gasteiger charge is -2.15. The van der Waals surface area contributed by atoms with Crippen LogP contribution >= 0.6 is 24.0 Å². The number of hydrogen-bond acceptors (Lipinski definition) is 4. The van der Waals surface area contributed by atoms with Crippen molar-refractivity contribution in [1.82, 2.24) is 20.2 Å². The number of rotatable bonds is 6. The SMILES string of the molecule is CN=C(NCCCn1c(C)nc2ccccc21)NCC1CCS(=O)(=O)C1.I. The molecule has 0 saturated carbocycles. The molecule has 1 aliphatic heterocycles. The number of fused-ring (bicyclic) bond motifs is 1. The second-order valence-electron chi connectivity index (χ2n) is 6.80. The third-order valence-corrected chi connectivity index (χ3v) is 6.64. The summed E-state index contributed by atoms with van der Waals surface area (Å²) in [5.41, 5.74) is 2.19. The molecule has 2 heterocycles. The summed E-state index contributed by atoms with van der Waals surface area (Å²) in [5, 5.41) is 6.54. The van der Waals surface area contributed by atoms with Crippen LogP contribution in [0.15, 0.2) is 29.3 Å². The van der Waals surface area contributed by atoms with Gasteiger partial charge in [0.05, 0.1) is 22.5 Å². The monoisotopic (exact) mass is 505 g/mol. The van der Waals surface area contributed by atoms with Crippen LogP contribution in [0.2, 0.25) is 0 Å². The number of benzene rings is 1. The number of aryl methyl sites for hydroxylation is 2. The lowest BCUT2D eigenvalue weighted by atomic mass is 10.1. The third-order valence-electron chi connectivity index (χ3n) is 4.80. The minimum absolute atomic E-state index is 0. The first-order chi connectivity index (χ1) is 12.5. The van der Waals surface area contributed by atoms with Crippen LogP contribution in [-0.4, -0.2) is 55.6 Å². The summed E-state index contributed by atoms with van der Waals surface area (Å²) in [6.07, 6.45) is 1.68.